The highest BCUT2D eigenvalue weighted by Gasteiger charge is 2.21. The molecule has 1 fully saturated rings. The van der Waals surface area contributed by atoms with Crippen LogP contribution in [0.2, 0.25) is 0 Å². The van der Waals surface area contributed by atoms with Gasteiger partial charge >= 0.3 is 0 Å². The Morgan fingerprint density at radius 3 is 3.19 bits per heavy atom. The second-order valence-corrected chi connectivity index (χ2v) is 4.38. The summed E-state index contributed by atoms with van der Waals surface area (Å²) in [6.07, 6.45) is 3.50. The zero-order valence-corrected chi connectivity index (χ0v) is 9.42. The third kappa shape index (κ3) is 2.75. The molecular formula is C9H12N4O2S. The van der Waals surface area contributed by atoms with Crippen LogP contribution in [0.15, 0.2) is 12.4 Å². The Labute approximate surface area is 96.8 Å². The number of amides is 2. The average Bonchev–Trinajstić information content (AvgIpc) is 2.87. The number of H-pyrrole nitrogens is 1. The minimum atomic E-state index is -0.139. The van der Waals surface area contributed by atoms with Gasteiger partial charge in [0.2, 0.25) is 11.9 Å². The van der Waals surface area contributed by atoms with Crippen LogP contribution in [0.5, 0.6) is 0 Å². The number of nitrogens with zero attached hydrogens (tertiary/aromatic N) is 2. The molecule has 1 aliphatic heterocycles. The summed E-state index contributed by atoms with van der Waals surface area (Å²) in [4.78, 5) is 31.0. The number of aromatic amines is 1. The number of imidazole rings is 1. The van der Waals surface area contributed by atoms with Crippen LogP contribution in [0, 0.1) is 0 Å². The molecule has 1 aromatic heterocycles. The van der Waals surface area contributed by atoms with Crippen molar-refractivity contribution >= 4 is 28.9 Å². The standard InChI is InChI=1S/C9H12N4O2S/c14-7(12-8-10-2-3-11-8)1-4-13-5-6-16-9(13)15/h2-3H,1,4-6H2,(H2,10,11,12,14). The van der Waals surface area contributed by atoms with Crippen LogP contribution >= 0.6 is 11.8 Å². The van der Waals surface area contributed by atoms with Gasteiger partial charge in [0.1, 0.15) is 0 Å². The quantitative estimate of drug-likeness (QED) is 0.820. The fraction of sp³-hybridized carbons (Fsp3) is 0.444. The van der Waals surface area contributed by atoms with Crippen LogP contribution in [0.1, 0.15) is 6.42 Å². The molecule has 0 atom stereocenters. The summed E-state index contributed by atoms with van der Waals surface area (Å²) in [5, 5.41) is 2.67. The first-order valence-corrected chi connectivity index (χ1v) is 5.95. The van der Waals surface area contributed by atoms with E-state index < -0.39 is 0 Å². The van der Waals surface area contributed by atoms with E-state index in [1.165, 1.54) is 11.8 Å². The van der Waals surface area contributed by atoms with Crippen LogP contribution in [0.4, 0.5) is 10.7 Å². The summed E-state index contributed by atoms with van der Waals surface area (Å²) < 4.78 is 0. The maximum absolute atomic E-state index is 11.5. The van der Waals surface area contributed by atoms with Crippen LogP contribution in [-0.4, -0.2) is 44.9 Å². The van der Waals surface area contributed by atoms with Crippen LogP contribution in [-0.2, 0) is 4.79 Å². The molecule has 2 rings (SSSR count). The second-order valence-electron chi connectivity index (χ2n) is 3.34. The molecule has 16 heavy (non-hydrogen) atoms. The topological polar surface area (TPSA) is 78.1 Å². The van der Waals surface area contributed by atoms with Crippen molar-refractivity contribution in [2.24, 2.45) is 0 Å². The molecule has 1 saturated heterocycles. The number of anilines is 1. The average molecular weight is 240 g/mol. The Bertz CT molecular complexity index is 379. The summed E-state index contributed by atoms with van der Waals surface area (Å²) in [6, 6.07) is 0. The predicted octanol–water partition coefficient (Wildman–Crippen LogP) is 0.907. The zero-order chi connectivity index (χ0) is 11.4. The largest absolute Gasteiger partial charge is 0.332 e. The van der Waals surface area contributed by atoms with Gasteiger partial charge < -0.3 is 9.88 Å². The number of carbonyl (C=O) groups is 2. The molecule has 0 aromatic carbocycles. The summed E-state index contributed by atoms with van der Waals surface area (Å²) in [7, 11) is 0. The number of hydrogen-bond acceptors (Lipinski definition) is 4. The van der Waals surface area contributed by atoms with Crippen LogP contribution in [0.25, 0.3) is 0 Å². The highest BCUT2D eigenvalue weighted by molar-refractivity contribution is 8.13. The van der Waals surface area contributed by atoms with E-state index in [9.17, 15) is 9.59 Å². The van der Waals surface area contributed by atoms with Crippen molar-refractivity contribution < 1.29 is 9.59 Å². The molecule has 2 N–H and O–H groups in total. The van der Waals surface area contributed by atoms with Crippen molar-refractivity contribution in [3.8, 4) is 0 Å². The lowest BCUT2D eigenvalue weighted by molar-refractivity contribution is -0.116. The first kappa shape index (κ1) is 11.0. The third-order valence-corrected chi connectivity index (χ3v) is 3.10. The first-order chi connectivity index (χ1) is 7.75. The molecule has 0 aliphatic carbocycles. The number of aromatic nitrogens is 2. The second kappa shape index (κ2) is 5.02. The van der Waals surface area contributed by atoms with Crippen LogP contribution < -0.4 is 5.32 Å². The van der Waals surface area contributed by atoms with Crippen molar-refractivity contribution in [1.82, 2.24) is 14.9 Å². The molecule has 0 radical (unpaired) electrons. The SMILES string of the molecule is O=C(CCN1CCSC1=O)Nc1ncc[nH]1. The first-order valence-electron chi connectivity index (χ1n) is 4.96. The maximum Gasteiger partial charge on any atom is 0.281 e. The van der Waals surface area contributed by atoms with Crippen molar-refractivity contribution in [3.05, 3.63) is 12.4 Å². The van der Waals surface area contributed by atoms with Gasteiger partial charge in [-0.2, -0.15) is 0 Å². The Morgan fingerprint density at radius 1 is 1.69 bits per heavy atom. The van der Waals surface area contributed by atoms with Gasteiger partial charge in [0.05, 0.1) is 0 Å². The van der Waals surface area contributed by atoms with E-state index in [0.717, 1.165) is 12.3 Å². The Balaban J connectivity index is 1.73. The smallest absolute Gasteiger partial charge is 0.281 e. The zero-order valence-electron chi connectivity index (χ0n) is 8.60. The van der Waals surface area contributed by atoms with Gasteiger partial charge in [-0.3, -0.25) is 14.9 Å². The Morgan fingerprint density at radius 2 is 2.56 bits per heavy atom. The molecular weight excluding hydrogens is 228 g/mol. The summed E-state index contributed by atoms with van der Waals surface area (Å²) in [5.41, 5.74) is 0. The molecule has 86 valence electrons. The number of thioether (sulfide) groups is 1. The van der Waals surface area contributed by atoms with Crippen molar-refractivity contribution in [1.29, 1.82) is 0 Å². The van der Waals surface area contributed by atoms with E-state index in [2.05, 4.69) is 15.3 Å². The van der Waals surface area contributed by atoms with E-state index in [-0.39, 0.29) is 11.1 Å². The highest BCUT2D eigenvalue weighted by Crippen LogP contribution is 2.17. The summed E-state index contributed by atoms with van der Waals surface area (Å²) in [5.74, 6) is 1.12. The molecule has 6 nitrogen and oxygen atoms in total. The molecule has 1 aliphatic rings. The molecule has 0 unspecified atom stereocenters. The van der Waals surface area contributed by atoms with E-state index in [4.69, 9.17) is 0 Å². The fourth-order valence-electron chi connectivity index (χ4n) is 1.39. The third-order valence-electron chi connectivity index (χ3n) is 2.21. The molecule has 2 heterocycles. The van der Waals surface area contributed by atoms with Crippen molar-refractivity contribution in [2.75, 3.05) is 24.2 Å². The molecule has 0 bridgehead atoms. The highest BCUT2D eigenvalue weighted by atomic mass is 32.2. The lowest BCUT2D eigenvalue weighted by Gasteiger charge is -2.13. The van der Waals surface area contributed by atoms with E-state index in [1.807, 2.05) is 0 Å². The van der Waals surface area contributed by atoms with Gasteiger partial charge in [-0.25, -0.2) is 4.98 Å². The normalized spacial score (nSPS) is 15.5. The predicted molar refractivity (Wildman–Crippen MR) is 61.3 cm³/mol. The summed E-state index contributed by atoms with van der Waals surface area (Å²) in [6.45, 7) is 1.20. The molecule has 7 heteroatoms. The number of rotatable bonds is 4. The molecule has 0 saturated carbocycles. The minimum Gasteiger partial charge on any atom is -0.332 e. The fourth-order valence-corrected chi connectivity index (χ4v) is 2.24. The van der Waals surface area contributed by atoms with Gasteiger partial charge in [0.25, 0.3) is 5.24 Å². The van der Waals surface area contributed by atoms with Crippen LogP contribution in [0.3, 0.4) is 0 Å². The van der Waals surface area contributed by atoms with Crippen molar-refractivity contribution in [2.45, 2.75) is 6.42 Å². The number of hydrogen-bond donors (Lipinski definition) is 2. The Hall–Kier alpha value is -1.50. The monoisotopic (exact) mass is 240 g/mol. The maximum atomic E-state index is 11.5. The molecule has 0 spiro atoms. The van der Waals surface area contributed by atoms with Gasteiger partial charge in [-0.15, -0.1) is 0 Å². The molecule has 1 aromatic rings. The van der Waals surface area contributed by atoms with Crippen molar-refractivity contribution in [3.63, 3.8) is 0 Å². The van der Waals surface area contributed by atoms with Gasteiger partial charge in [0.15, 0.2) is 0 Å². The van der Waals surface area contributed by atoms with E-state index in [1.54, 1.807) is 17.3 Å². The van der Waals surface area contributed by atoms with E-state index >= 15 is 0 Å². The Kier molecular flexibility index (Phi) is 3.45. The van der Waals surface area contributed by atoms with Gasteiger partial charge in [0, 0.05) is 37.7 Å². The lowest BCUT2D eigenvalue weighted by atomic mass is 10.3. The lowest BCUT2D eigenvalue weighted by Crippen LogP contribution is -2.27. The van der Waals surface area contributed by atoms with E-state index in [0.29, 0.717) is 18.9 Å². The summed E-state index contributed by atoms with van der Waals surface area (Å²) >= 11 is 1.30. The molecule has 2 amide bonds. The number of nitrogens with one attached hydrogen (secondary N) is 2. The van der Waals surface area contributed by atoms with Gasteiger partial charge in [-0.1, -0.05) is 11.8 Å². The number of carbonyl (C=O) groups excluding carboxylic acids is 2. The van der Waals surface area contributed by atoms with Gasteiger partial charge in [-0.05, 0) is 0 Å². The minimum absolute atomic E-state index is 0.0609.